The Morgan fingerprint density at radius 1 is 1.33 bits per heavy atom. The Bertz CT molecular complexity index is 451. The molecule has 0 spiro atoms. The van der Waals surface area contributed by atoms with Crippen LogP contribution in [0, 0.1) is 6.92 Å². The van der Waals surface area contributed by atoms with Crippen LogP contribution in [-0.2, 0) is 14.8 Å². The predicted octanol–water partition coefficient (Wildman–Crippen LogP) is 0.730. The summed E-state index contributed by atoms with van der Waals surface area (Å²) in [6.07, 6.45) is 0. The molecule has 1 aromatic carbocycles. The molecule has 6 heteroatoms. The van der Waals surface area contributed by atoms with Crippen molar-refractivity contribution in [2.75, 3.05) is 5.75 Å². The highest BCUT2D eigenvalue weighted by molar-refractivity contribution is 7.90. The van der Waals surface area contributed by atoms with Crippen molar-refractivity contribution in [1.29, 1.82) is 0 Å². The molecule has 1 rings (SSSR count). The van der Waals surface area contributed by atoms with E-state index in [2.05, 4.69) is 12.6 Å². The van der Waals surface area contributed by atoms with Gasteiger partial charge in [0.15, 0.2) is 0 Å². The zero-order valence-electron chi connectivity index (χ0n) is 8.10. The van der Waals surface area contributed by atoms with Crippen LogP contribution >= 0.6 is 12.6 Å². The second-order valence-corrected chi connectivity index (χ2v) is 5.00. The number of hydrogen-bond acceptors (Lipinski definition) is 4. The highest BCUT2D eigenvalue weighted by Gasteiger charge is 2.15. The van der Waals surface area contributed by atoms with E-state index in [9.17, 15) is 13.2 Å². The molecule has 0 saturated heterocycles. The van der Waals surface area contributed by atoms with Crippen molar-refractivity contribution in [3.63, 3.8) is 0 Å². The van der Waals surface area contributed by atoms with E-state index in [1.54, 1.807) is 12.1 Å². The Hall–Kier alpha value is -1.01. The quantitative estimate of drug-likeness (QED) is 0.772. The van der Waals surface area contributed by atoms with Crippen LogP contribution < -0.4 is 4.72 Å². The molecule has 82 valence electrons. The van der Waals surface area contributed by atoms with Gasteiger partial charge in [0.05, 0.1) is 10.6 Å². The first kappa shape index (κ1) is 12.1. The first-order valence-corrected chi connectivity index (χ1v) is 6.30. The van der Waals surface area contributed by atoms with Gasteiger partial charge in [-0.3, -0.25) is 4.79 Å². The van der Waals surface area contributed by atoms with Crippen molar-refractivity contribution in [3.05, 3.63) is 29.8 Å². The molecule has 0 aliphatic rings. The van der Waals surface area contributed by atoms with Crippen molar-refractivity contribution in [1.82, 2.24) is 4.72 Å². The van der Waals surface area contributed by atoms with Gasteiger partial charge in [-0.05, 0) is 19.1 Å². The molecule has 0 aliphatic heterocycles. The summed E-state index contributed by atoms with van der Waals surface area (Å²) < 4.78 is 25.0. The average molecular weight is 245 g/mol. The first-order chi connectivity index (χ1) is 6.95. The highest BCUT2D eigenvalue weighted by atomic mass is 32.2. The lowest BCUT2D eigenvalue weighted by Crippen LogP contribution is -2.31. The van der Waals surface area contributed by atoms with Crippen molar-refractivity contribution in [2.45, 2.75) is 11.8 Å². The first-order valence-electron chi connectivity index (χ1n) is 4.19. The van der Waals surface area contributed by atoms with Gasteiger partial charge in [0.1, 0.15) is 0 Å². The van der Waals surface area contributed by atoms with Gasteiger partial charge in [-0.1, -0.05) is 17.7 Å². The molecule has 0 aliphatic carbocycles. The SMILES string of the molecule is Cc1ccc(S(=O)(=O)NC(=O)CS)cc1. The summed E-state index contributed by atoms with van der Waals surface area (Å²) in [4.78, 5) is 11.0. The third kappa shape index (κ3) is 3.24. The van der Waals surface area contributed by atoms with Gasteiger partial charge in [-0.25, -0.2) is 13.1 Å². The van der Waals surface area contributed by atoms with Crippen LogP contribution in [0.5, 0.6) is 0 Å². The molecule has 0 bridgehead atoms. The van der Waals surface area contributed by atoms with Crippen LogP contribution in [0.25, 0.3) is 0 Å². The topological polar surface area (TPSA) is 63.2 Å². The molecular formula is C9H11NO3S2. The number of nitrogens with one attached hydrogen (secondary N) is 1. The fourth-order valence-corrected chi connectivity index (χ4v) is 2.13. The second-order valence-electron chi connectivity index (χ2n) is 3.00. The van der Waals surface area contributed by atoms with Gasteiger partial charge < -0.3 is 0 Å². The smallest absolute Gasteiger partial charge is 0.264 e. The lowest BCUT2D eigenvalue weighted by molar-refractivity contribution is -0.116. The van der Waals surface area contributed by atoms with E-state index < -0.39 is 15.9 Å². The Kier molecular flexibility index (Phi) is 3.76. The lowest BCUT2D eigenvalue weighted by atomic mass is 10.2. The molecule has 0 saturated carbocycles. The van der Waals surface area contributed by atoms with E-state index in [0.717, 1.165) is 5.56 Å². The van der Waals surface area contributed by atoms with Crippen molar-refractivity contribution in [3.8, 4) is 0 Å². The largest absolute Gasteiger partial charge is 0.273 e. The number of rotatable bonds is 3. The monoisotopic (exact) mass is 245 g/mol. The zero-order chi connectivity index (χ0) is 11.5. The van der Waals surface area contributed by atoms with Crippen LogP contribution in [-0.4, -0.2) is 20.1 Å². The molecule has 0 aromatic heterocycles. The standard InChI is InChI=1S/C9H11NO3S2/c1-7-2-4-8(5-3-7)15(12,13)10-9(11)6-14/h2-5,14H,6H2,1H3,(H,10,11). The van der Waals surface area contributed by atoms with E-state index in [4.69, 9.17) is 0 Å². The fraction of sp³-hybridized carbons (Fsp3) is 0.222. The number of carbonyl (C=O) groups excluding carboxylic acids is 1. The average Bonchev–Trinajstić information content (AvgIpc) is 2.17. The third-order valence-electron chi connectivity index (χ3n) is 1.72. The van der Waals surface area contributed by atoms with E-state index in [1.807, 2.05) is 11.6 Å². The van der Waals surface area contributed by atoms with Gasteiger partial charge >= 0.3 is 0 Å². The number of carbonyl (C=O) groups is 1. The van der Waals surface area contributed by atoms with Crippen LogP contribution in [0.3, 0.4) is 0 Å². The minimum Gasteiger partial charge on any atom is -0.273 e. The Morgan fingerprint density at radius 3 is 2.33 bits per heavy atom. The summed E-state index contributed by atoms with van der Waals surface area (Å²) in [5.74, 6) is -0.802. The van der Waals surface area contributed by atoms with Crippen molar-refractivity contribution in [2.24, 2.45) is 0 Å². The minimum atomic E-state index is -3.74. The molecule has 1 N–H and O–H groups in total. The fourth-order valence-electron chi connectivity index (χ4n) is 0.958. The van der Waals surface area contributed by atoms with Crippen LogP contribution in [0.4, 0.5) is 0 Å². The summed E-state index contributed by atoms with van der Waals surface area (Å²) in [6, 6.07) is 6.23. The molecule has 4 nitrogen and oxygen atoms in total. The van der Waals surface area contributed by atoms with E-state index >= 15 is 0 Å². The number of thiol groups is 1. The highest BCUT2D eigenvalue weighted by Crippen LogP contribution is 2.09. The molecule has 0 unspecified atom stereocenters. The third-order valence-corrected chi connectivity index (χ3v) is 3.40. The van der Waals surface area contributed by atoms with Gasteiger partial charge in [-0.2, -0.15) is 12.6 Å². The van der Waals surface area contributed by atoms with Gasteiger partial charge in [0.2, 0.25) is 5.91 Å². The normalized spacial score (nSPS) is 11.1. The maximum Gasteiger partial charge on any atom is 0.264 e. The molecule has 0 radical (unpaired) electrons. The van der Waals surface area contributed by atoms with Gasteiger partial charge in [-0.15, -0.1) is 0 Å². The second kappa shape index (κ2) is 4.67. The Balaban J connectivity index is 2.96. The van der Waals surface area contributed by atoms with Crippen molar-refractivity contribution < 1.29 is 13.2 Å². The van der Waals surface area contributed by atoms with Gasteiger partial charge in [0, 0.05) is 0 Å². The number of benzene rings is 1. The molecule has 0 atom stereocenters. The number of hydrogen-bond donors (Lipinski definition) is 2. The summed E-state index contributed by atoms with van der Waals surface area (Å²) in [6.45, 7) is 1.85. The number of amides is 1. The van der Waals surface area contributed by atoms with Crippen LogP contribution in [0.15, 0.2) is 29.2 Å². The number of aryl methyl sites for hydroxylation is 1. The number of sulfonamides is 1. The van der Waals surface area contributed by atoms with Gasteiger partial charge in [0.25, 0.3) is 10.0 Å². The molecule has 0 fully saturated rings. The zero-order valence-corrected chi connectivity index (χ0v) is 9.81. The molecular weight excluding hydrogens is 234 g/mol. The van der Waals surface area contributed by atoms with Crippen LogP contribution in [0.1, 0.15) is 5.56 Å². The molecule has 0 heterocycles. The molecule has 15 heavy (non-hydrogen) atoms. The maximum absolute atomic E-state index is 11.5. The van der Waals surface area contributed by atoms with E-state index in [1.165, 1.54) is 12.1 Å². The van der Waals surface area contributed by atoms with Crippen LogP contribution in [0.2, 0.25) is 0 Å². The minimum absolute atomic E-state index is 0.0724. The van der Waals surface area contributed by atoms with E-state index in [0.29, 0.717) is 0 Å². The summed E-state index contributed by atoms with van der Waals surface area (Å²) in [7, 11) is -3.74. The predicted molar refractivity (Wildman–Crippen MR) is 60.4 cm³/mol. The van der Waals surface area contributed by atoms with Crippen molar-refractivity contribution >= 4 is 28.6 Å². The molecule has 1 aromatic rings. The Morgan fingerprint density at radius 2 is 1.87 bits per heavy atom. The van der Waals surface area contributed by atoms with E-state index in [-0.39, 0.29) is 10.6 Å². The summed E-state index contributed by atoms with van der Waals surface area (Å²) >= 11 is 3.68. The Labute approximate surface area is 94.2 Å². The lowest BCUT2D eigenvalue weighted by Gasteiger charge is -2.05. The molecule has 1 amide bonds. The summed E-state index contributed by atoms with van der Waals surface area (Å²) in [5, 5.41) is 0. The maximum atomic E-state index is 11.5. The summed E-state index contributed by atoms with van der Waals surface area (Å²) in [5.41, 5.74) is 0.953.